The molecule has 0 aliphatic carbocycles. The first kappa shape index (κ1) is 17.3. The Hall–Kier alpha value is -3.15. The summed E-state index contributed by atoms with van der Waals surface area (Å²) in [6.07, 6.45) is 3.31. The molecule has 27 heavy (non-hydrogen) atoms. The van der Waals surface area contributed by atoms with Crippen molar-refractivity contribution in [3.8, 4) is 11.1 Å². The molecule has 0 spiro atoms. The number of nitrogens with zero attached hydrogens (tertiary/aromatic N) is 3. The topological polar surface area (TPSA) is 71.0 Å². The second-order valence-electron chi connectivity index (χ2n) is 7.00. The maximum absolute atomic E-state index is 11.8. The molecule has 0 radical (unpaired) electrons. The van der Waals surface area contributed by atoms with Gasteiger partial charge in [0.25, 0.3) is 0 Å². The van der Waals surface area contributed by atoms with E-state index in [1.165, 1.54) is 22.9 Å². The molecule has 0 atom stereocenters. The van der Waals surface area contributed by atoms with Crippen LogP contribution >= 0.6 is 0 Å². The average Bonchev–Trinajstić information content (AvgIpc) is 2.98. The summed E-state index contributed by atoms with van der Waals surface area (Å²) in [5, 5.41) is 4.71. The lowest BCUT2D eigenvalue weighted by Gasteiger charge is -2.26. The Bertz CT molecular complexity index is 1030. The Morgan fingerprint density at radius 3 is 2.56 bits per heavy atom. The molecule has 6 nitrogen and oxygen atoms in total. The fourth-order valence-corrected chi connectivity index (χ4v) is 3.68. The number of carbonyl (C=O) groups is 1. The largest absolute Gasteiger partial charge is 0.338 e. The van der Waals surface area contributed by atoms with Crippen LogP contribution in [-0.4, -0.2) is 32.1 Å². The van der Waals surface area contributed by atoms with Crippen LogP contribution in [0.1, 0.15) is 29.4 Å². The number of aryl methyl sites for hydroxylation is 1. The van der Waals surface area contributed by atoms with Crippen molar-refractivity contribution in [1.29, 1.82) is 0 Å². The van der Waals surface area contributed by atoms with Crippen molar-refractivity contribution in [3.05, 3.63) is 75.5 Å². The van der Waals surface area contributed by atoms with E-state index in [0.29, 0.717) is 6.54 Å². The molecule has 0 saturated carbocycles. The van der Waals surface area contributed by atoms with E-state index >= 15 is 0 Å². The lowest BCUT2D eigenvalue weighted by atomic mass is 9.99. The highest BCUT2D eigenvalue weighted by atomic mass is 16.2. The van der Waals surface area contributed by atoms with E-state index in [0.717, 1.165) is 36.2 Å². The molecular formula is C21H22N4O2. The molecule has 4 rings (SSSR count). The molecule has 2 aromatic heterocycles. The number of hydrogen-bond acceptors (Lipinski definition) is 3. The number of rotatable bonds is 3. The fraction of sp³-hybridized carbons (Fsp3) is 0.286. The van der Waals surface area contributed by atoms with E-state index in [-0.39, 0.29) is 11.5 Å². The molecule has 1 amide bonds. The first-order valence-electron chi connectivity index (χ1n) is 9.08. The van der Waals surface area contributed by atoms with Crippen LogP contribution < -0.4 is 5.56 Å². The van der Waals surface area contributed by atoms with Gasteiger partial charge in [0.2, 0.25) is 11.5 Å². The van der Waals surface area contributed by atoms with Crippen LogP contribution in [0.4, 0.5) is 0 Å². The molecule has 0 unspecified atom stereocenters. The van der Waals surface area contributed by atoms with Crippen LogP contribution in [0.3, 0.4) is 0 Å². The summed E-state index contributed by atoms with van der Waals surface area (Å²) in [7, 11) is 1.98. The van der Waals surface area contributed by atoms with Crippen molar-refractivity contribution >= 4 is 5.91 Å². The molecule has 6 heteroatoms. The van der Waals surface area contributed by atoms with E-state index in [2.05, 4.69) is 29.2 Å². The van der Waals surface area contributed by atoms with Crippen LogP contribution in [0, 0.1) is 0 Å². The number of fused-ring (bicyclic) bond motifs is 1. The highest BCUT2D eigenvalue weighted by Gasteiger charge is 2.25. The zero-order valence-corrected chi connectivity index (χ0v) is 15.5. The minimum atomic E-state index is -0.102. The Morgan fingerprint density at radius 2 is 1.89 bits per heavy atom. The maximum Gasteiger partial charge on any atom is 0.247 e. The summed E-state index contributed by atoms with van der Waals surface area (Å²) in [5.74, 6) is 0.112. The van der Waals surface area contributed by atoms with Crippen LogP contribution in [-0.2, 0) is 31.2 Å². The van der Waals surface area contributed by atoms with Gasteiger partial charge in [-0.2, -0.15) is 5.10 Å². The summed E-state index contributed by atoms with van der Waals surface area (Å²) < 4.78 is 1.96. The van der Waals surface area contributed by atoms with Gasteiger partial charge in [-0.3, -0.25) is 14.3 Å². The van der Waals surface area contributed by atoms with Gasteiger partial charge < -0.3 is 9.88 Å². The fourth-order valence-electron chi connectivity index (χ4n) is 3.68. The summed E-state index contributed by atoms with van der Waals surface area (Å²) >= 11 is 0. The SMILES string of the molecule is CC(=O)N1CCc2c(c(Cc3ccc(-c4ccc(=O)[nH]c4)cc3)nn2C)C1. The highest BCUT2D eigenvalue weighted by Crippen LogP contribution is 2.25. The van der Waals surface area contributed by atoms with Gasteiger partial charge in [0.05, 0.1) is 5.69 Å². The first-order chi connectivity index (χ1) is 13.0. The van der Waals surface area contributed by atoms with Gasteiger partial charge in [-0.1, -0.05) is 24.3 Å². The van der Waals surface area contributed by atoms with E-state index in [4.69, 9.17) is 5.10 Å². The second-order valence-corrected chi connectivity index (χ2v) is 7.00. The van der Waals surface area contributed by atoms with Gasteiger partial charge in [0.15, 0.2) is 0 Å². The van der Waals surface area contributed by atoms with Gasteiger partial charge in [0, 0.05) is 63.4 Å². The maximum atomic E-state index is 11.8. The third-order valence-electron chi connectivity index (χ3n) is 5.21. The summed E-state index contributed by atoms with van der Waals surface area (Å²) in [5.41, 5.74) is 6.56. The van der Waals surface area contributed by atoms with Crippen molar-refractivity contribution < 1.29 is 4.79 Å². The smallest absolute Gasteiger partial charge is 0.247 e. The Morgan fingerprint density at radius 1 is 1.15 bits per heavy atom. The minimum absolute atomic E-state index is 0.102. The molecule has 0 fully saturated rings. The molecule has 0 saturated heterocycles. The Labute approximate surface area is 157 Å². The zero-order valence-electron chi connectivity index (χ0n) is 15.5. The van der Waals surface area contributed by atoms with Crippen molar-refractivity contribution in [1.82, 2.24) is 19.7 Å². The van der Waals surface area contributed by atoms with E-state index in [1.54, 1.807) is 13.1 Å². The van der Waals surface area contributed by atoms with Gasteiger partial charge in [-0.05, 0) is 22.8 Å². The van der Waals surface area contributed by atoms with Crippen molar-refractivity contribution in [2.75, 3.05) is 6.54 Å². The van der Waals surface area contributed by atoms with Crippen molar-refractivity contribution in [3.63, 3.8) is 0 Å². The molecule has 3 heterocycles. The number of hydrogen-bond donors (Lipinski definition) is 1. The summed E-state index contributed by atoms with van der Waals surface area (Å²) in [4.78, 5) is 27.5. The third kappa shape index (κ3) is 3.43. The minimum Gasteiger partial charge on any atom is -0.338 e. The summed E-state index contributed by atoms with van der Waals surface area (Å²) in [6, 6.07) is 11.6. The lowest BCUT2D eigenvalue weighted by molar-refractivity contribution is -0.129. The normalized spacial score (nSPS) is 13.5. The van der Waals surface area contributed by atoms with Crippen LogP contribution in [0.5, 0.6) is 0 Å². The number of pyridine rings is 1. The molecule has 1 aliphatic heterocycles. The highest BCUT2D eigenvalue weighted by molar-refractivity contribution is 5.73. The molecule has 138 valence electrons. The Kier molecular flexibility index (Phi) is 4.39. The first-order valence-corrected chi connectivity index (χ1v) is 9.08. The van der Waals surface area contributed by atoms with Gasteiger partial charge in [0.1, 0.15) is 0 Å². The molecule has 0 bridgehead atoms. The monoisotopic (exact) mass is 362 g/mol. The number of aromatic amines is 1. The molecule has 1 aromatic carbocycles. The number of benzene rings is 1. The molecule has 3 aromatic rings. The van der Waals surface area contributed by atoms with Crippen molar-refractivity contribution in [2.45, 2.75) is 26.3 Å². The van der Waals surface area contributed by atoms with Crippen LogP contribution in [0.25, 0.3) is 11.1 Å². The number of amides is 1. The average molecular weight is 362 g/mol. The van der Waals surface area contributed by atoms with E-state index in [9.17, 15) is 9.59 Å². The zero-order chi connectivity index (χ0) is 19.0. The third-order valence-corrected chi connectivity index (χ3v) is 5.21. The molecule has 1 aliphatic rings. The van der Waals surface area contributed by atoms with E-state index < -0.39 is 0 Å². The van der Waals surface area contributed by atoms with Crippen LogP contribution in [0.15, 0.2) is 47.4 Å². The van der Waals surface area contributed by atoms with E-state index in [1.807, 2.05) is 22.7 Å². The van der Waals surface area contributed by atoms with Gasteiger partial charge in [-0.15, -0.1) is 0 Å². The number of carbonyl (C=O) groups excluding carboxylic acids is 1. The lowest BCUT2D eigenvalue weighted by Crippen LogP contribution is -2.34. The molecule has 1 N–H and O–H groups in total. The summed E-state index contributed by atoms with van der Waals surface area (Å²) in [6.45, 7) is 3.02. The van der Waals surface area contributed by atoms with Gasteiger partial charge in [-0.25, -0.2) is 0 Å². The van der Waals surface area contributed by atoms with Crippen LogP contribution in [0.2, 0.25) is 0 Å². The number of nitrogens with one attached hydrogen (secondary N) is 1. The van der Waals surface area contributed by atoms with Gasteiger partial charge >= 0.3 is 0 Å². The number of H-pyrrole nitrogens is 1. The quantitative estimate of drug-likeness (QED) is 0.777. The number of aromatic nitrogens is 3. The van der Waals surface area contributed by atoms with Crippen molar-refractivity contribution in [2.24, 2.45) is 7.05 Å². The second kappa shape index (κ2) is 6.87. The Balaban J connectivity index is 1.57. The molecular weight excluding hydrogens is 340 g/mol. The predicted molar refractivity (Wildman–Crippen MR) is 103 cm³/mol. The predicted octanol–water partition coefficient (Wildman–Crippen LogP) is 2.27. The standard InChI is InChI=1S/C21H22N4O2/c1-14(26)25-10-9-20-18(13-25)19(23-24(20)2)11-15-3-5-16(6-4-15)17-7-8-21(27)22-12-17/h3-8,12H,9-11,13H2,1-2H3,(H,22,27).